The normalized spacial score (nSPS) is 20.1. The van der Waals surface area contributed by atoms with Crippen LogP contribution in [0.4, 0.5) is 0 Å². The molecule has 29 heavy (non-hydrogen) atoms. The maximum absolute atomic E-state index is 12.3. The second-order valence-electron chi connectivity index (χ2n) is 8.27. The Balaban J connectivity index is 1.49. The van der Waals surface area contributed by atoms with E-state index in [9.17, 15) is 9.59 Å². The predicted octanol–water partition coefficient (Wildman–Crippen LogP) is 3.77. The molecular weight excluding hydrogens is 406 g/mol. The molecule has 0 saturated carbocycles. The fourth-order valence-electron chi connectivity index (χ4n) is 4.21. The number of carbonyl (C=O) groups excluding carboxylic acids is 1. The lowest BCUT2D eigenvalue weighted by Gasteiger charge is -2.34. The maximum Gasteiger partial charge on any atom is 0.251 e. The van der Waals surface area contributed by atoms with E-state index < -0.39 is 0 Å². The van der Waals surface area contributed by atoms with Crippen molar-refractivity contribution in [3.8, 4) is 0 Å². The molecule has 0 aliphatic carbocycles. The average Bonchev–Trinajstić information content (AvgIpc) is 2.66. The van der Waals surface area contributed by atoms with Crippen LogP contribution in [0.15, 0.2) is 34.0 Å². The smallest absolute Gasteiger partial charge is 0.251 e. The second kappa shape index (κ2) is 10.0. The molecule has 1 aliphatic rings. The molecule has 7 heteroatoms. The van der Waals surface area contributed by atoms with Crippen LogP contribution in [0.3, 0.4) is 0 Å². The van der Waals surface area contributed by atoms with E-state index in [1.807, 2.05) is 6.07 Å². The van der Waals surface area contributed by atoms with Gasteiger partial charge in [0.05, 0.1) is 11.3 Å². The topological polar surface area (TPSA) is 54.3 Å². The third-order valence-corrected chi connectivity index (χ3v) is 6.74. The number of pyridine rings is 1. The van der Waals surface area contributed by atoms with Crippen molar-refractivity contribution in [2.24, 2.45) is 18.9 Å². The number of piperidine rings is 1. The van der Waals surface area contributed by atoms with E-state index in [1.54, 1.807) is 29.8 Å². The van der Waals surface area contributed by atoms with E-state index in [1.165, 1.54) is 18.2 Å². The lowest BCUT2D eigenvalue weighted by Crippen LogP contribution is -2.40. The fourth-order valence-corrected chi connectivity index (χ4v) is 5.28. The molecule has 158 valence electrons. The number of rotatable bonds is 7. The van der Waals surface area contributed by atoms with E-state index in [4.69, 9.17) is 11.6 Å². The number of aromatic nitrogens is 1. The minimum Gasteiger partial charge on any atom is -0.355 e. The van der Waals surface area contributed by atoms with Crippen molar-refractivity contribution in [3.63, 3.8) is 0 Å². The third kappa shape index (κ3) is 6.00. The Morgan fingerprint density at radius 3 is 2.69 bits per heavy atom. The molecule has 2 atom stereocenters. The molecule has 1 aromatic heterocycles. The molecule has 3 rings (SSSR count). The van der Waals surface area contributed by atoms with Crippen molar-refractivity contribution < 1.29 is 4.79 Å². The lowest BCUT2D eigenvalue weighted by atomic mass is 9.92. The number of halogens is 1. The zero-order valence-corrected chi connectivity index (χ0v) is 19.0. The van der Waals surface area contributed by atoms with E-state index in [0.717, 1.165) is 53.7 Å². The fraction of sp³-hybridized carbons (Fsp3) is 0.545. The summed E-state index contributed by atoms with van der Waals surface area (Å²) >= 11 is 7.47. The van der Waals surface area contributed by atoms with Crippen molar-refractivity contribution in [1.82, 2.24) is 14.8 Å². The largest absolute Gasteiger partial charge is 0.355 e. The number of aryl methyl sites for hydroxylation is 1. The van der Waals surface area contributed by atoms with Crippen LogP contribution in [0.2, 0.25) is 5.02 Å². The molecule has 1 amide bonds. The molecule has 1 aliphatic heterocycles. The summed E-state index contributed by atoms with van der Waals surface area (Å²) in [7, 11) is 1.73. The van der Waals surface area contributed by atoms with Gasteiger partial charge >= 0.3 is 0 Å². The van der Waals surface area contributed by atoms with E-state index >= 15 is 0 Å². The molecule has 0 radical (unpaired) electrons. The predicted molar refractivity (Wildman–Crippen MR) is 122 cm³/mol. The molecule has 0 spiro atoms. The Bertz CT molecular complexity index is 920. The Hall–Kier alpha value is -1.50. The summed E-state index contributed by atoms with van der Waals surface area (Å²) in [6.45, 7) is 8.67. The summed E-state index contributed by atoms with van der Waals surface area (Å²) in [4.78, 5) is 27.8. The van der Waals surface area contributed by atoms with Crippen molar-refractivity contribution in [2.45, 2.75) is 31.6 Å². The van der Waals surface area contributed by atoms with Crippen LogP contribution in [-0.4, -0.2) is 47.3 Å². The van der Waals surface area contributed by atoms with Gasteiger partial charge in [-0.05, 0) is 43.4 Å². The van der Waals surface area contributed by atoms with Gasteiger partial charge in [0.15, 0.2) is 0 Å². The van der Waals surface area contributed by atoms with E-state index in [-0.39, 0.29) is 11.5 Å². The zero-order valence-electron chi connectivity index (χ0n) is 17.4. The summed E-state index contributed by atoms with van der Waals surface area (Å²) in [5.74, 6) is 1.81. The number of nitrogens with one attached hydrogen (secondary N) is 1. The Morgan fingerprint density at radius 1 is 1.24 bits per heavy atom. The van der Waals surface area contributed by atoms with Gasteiger partial charge in [-0.15, -0.1) is 11.8 Å². The molecule has 1 saturated heterocycles. The van der Waals surface area contributed by atoms with E-state index in [2.05, 4.69) is 24.1 Å². The average molecular weight is 436 g/mol. The van der Waals surface area contributed by atoms with Crippen LogP contribution in [0, 0.1) is 11.8 Å². The molecular formula is C22H30ClN3O2S. The van der Waals surface area contributed by atoms with Crippen molar-refractivity contribution in [3.05, 3.63) is 39.6 Å². The van der Waals surface area contributed by atoms with Crippen molar-refractivity contribution in [1.29, 1.82) is 0 Å². The minimum atomic E-state index is -0.104. The molecule has 2 heterocycles. The number of amides is 1. The van der Waals surface area contributed by atoms with Gasteiger partial charge in [-0.1, -0.05) is 31.5 Å². The van der Waals surface area contributed by atoms with Crippen LogP contribution in [0.1, 0.15) is 26.7 Å². The Labute approximate surface area is 181 Å². The van der Waals surface area contributed by atoms with Gasteiger partial charge in [0.1, 0.15) is 0 Å². The minimum absolute atomic E-state index is 0.00169. The molecule has 1 aromatic carbocycles. The highest BCUT2D eigenvalue weighted by Gasteiger charge is 2.21. The Morgan fingerprint density at radius 2 is 1.97 bits per heavy atom. The highest BCUT2D eigenvalue weighted by molar-refractivity contribution is 8.00. The molecule has 0 bridgehead atoms. The number of thioether (sulfide) groups is 1. The number of likely N-dealkylation sites (tertiary alicyclic amines) is 1. The molecule has 5 nitrogen and oxygen atoms in total. The Kier molecular flexibility index (Phi) is 7.66. The quantitative estimate of drug-likeness (QED) is 0.531. The molecule has 1 fully saturated rings. The van der Waals surface area contributed by atoms with Crippen LogP contribution >= 0.6 is 23.4 Å². The van der Waals surface area contributed by atoms with Gasteiger partial charge < -0.3 is 14.8 Å². The summed E-state index contributed by atoms with van der Waals surface area (Å²) in [5, 5.41) is 4.53. The van der Waals surface area contributed by atoms with Crippen LogP contribution in [-0.2, 0) is 11.8 Å². The molecule has 1 N–H and O–H groups in total. The first-order valence-electron chi connectivity index (χ1n) is 10.2. The van der Waals surface area contributed by atoms with Gasteiger partial charge in [0.2, 0.25) is 5.91 Å². The monoisotopic (exact) mass is 435 g/mol. The van der Waals surface area contributed by atoms with E-state index in [0.29, 0.717) is 17.3 Å². The van der Waals surface area contributed by atoms with Crippen LogP contribution in [0.25, 0.3) is 10.9 Å². The number of nitrogens with zero attached hydrogens (tertiary/aromatic N) is 2. The molecule has 2 aromatic rings. The first-order valence-corrected chi connectivity index (χ1v) is 11.6. The lowest BCUT2D eigenvalue weighted by molar-refractivity contribution is -0.118. The summed E-state index contributed by atoms with van der Waals surface area (Å²) in [6.07, 6.45) is 2.27. The molecule has 0 unspecified atom stereocenters. The van der Waals surface area contributed by atoms with Gasteiger partial charge in [-0.25, -0.2) is 0 Å². The first kappa shape index (κ1) is 22.2. The summed E-state index contributed by atoms with van der Waals surface area (Å²) < 4.78 is 1.58. The van der Waals surface area contributed by atoms with Gasteiger partial charge in [-0.3, -0.25) is 9.59 Å². The standard InChI is InChI=1S/C22H30ClN3O2S/c1-15-9-16(2)13-26(12-15)8-4-7-24-21(27)14-29-20-11-22(28)25(3)19-10-17(23)5-6-18(19)20/h5-6,10-11,15-16H,4,7-9,12-14H2,1-3H3,(H,24,27)/t15-,16-/m0/s1. The summed E-state index contributed by atoms with van der Waals surface area (Å²) in [6, 6.07) is 7.08. The highest BCUT2D eigenvalue weighted by Crippen LogP contribution is 2.28. The number of hydrogen-bond donors (Lipinski definition) is 1. The van der Waals surface area contributed by atoms with Gasteiger partial charge in [0, 0.05) is 48.1 Å². The third-order valence-electron chi connectivity index (χ3n) is 5.45. The van der Waals surface area contributed by atoms with Crippen molar-refractivity contribution >= 4 is 40.2 Å². The number of benzene rings is 1. The van der Waals surface area contributed by atoms with Gasteiger partial charge in [-0.2, -0.15) is 0 Å². The first-order chi connectivity index (χ1) is 13.8. The number of hydrogen-bond acceptors (Lipinski definition) is 4. The van der Waals surface area contributed by atoms with Crippen LogP contribution < -0.4 is 10.9 Å². The maximum atomic E-state index is 12.3. The number of fused-ring (bicyclic) bond motifs is 1. The highest BCUT2D eigenvalue weighted by atomic mass is 35.5. The van der Waals surface area contributed by atoms with Crippen molar-refractivity contribution in [2.75, 3.05) is 31.9 Å². The van der Waals surface area contributed by atoms with Crippen LogP contribution in [0.5, 0.6) is 0 Å². The number of carbonyl (C=O) groups is 1. The second-order valence-corrected chi connectivity index (χ2v) is 9.72. The zero-order chi connectivity index (χ0) is 21.0. The summed E-state index contributed by atoms with van der Waals surface area (Å²) in [5.41, 5.74) is 0.672. The SMILES string of the molecule is C[C@H]1C[C@H](C)CN(CCCNC(=O)CSc2cc(=O)n(C)c3cc(Cl)ccc23)C1. The van der Waals surface area contributed by atoms with Gasteiger partial charge in [0.25, 0.3) is 5.56 Å².